The third-order valence-electron chi connectivity index (χ3n) is 4.91. The lowest BCUT2D eigenvalue weighted by Gasteiger charge is -2.17. The Kier molecular flexibility index (Phi) is 4.26. The Morgan fingerprint density at radius 2 is 2.11 bits per heavy atom. The molecule has 1 N–H and O–H groups in total. The largest absolute Gasteiger partial charge is 0.504 e. The lowest BCUT2D eigenvalue weighted by atomic mass is 10.0. The molecule has 142 valence electrons. The lowest BCUT2D eigenvalue weighted by Crippen LogP contribution is -2.25. The first-order valence-electron chi connectivity index (χ1n) is 9.14. The molecule has 28 heavy (non-hydrogen) atoms. The van der Waals surface area contributed by atoms with Crippen molar-refractivity contribution in [3.8, 4) is 22.6 Å². The maximum absolute atomic E-state index is 10.6. The molecular weight excluding hydrogens is 374 g/mol. The third kappa shape index (κ3) is 3.12. The van der Waals surface area contributed by atoms with E-state index < -0.39 is 0 Å². The molecule has 0 atom stereocenters. The highest BCUT2D eigenvalue weighted by Gasteiger charge is 2.22. The van der Waals surface area contributed by atoms with Crippen LogP contribution in [0.25, 0.3) is 21.2 Å². The van der Waals surface area contributed by atoms with Gasteiger partial charge in [-0.25, -0.2) is 0 Å². The number of thiophene rings is 1. The van der Waals surface area contributed by atoms with Gasteiger partial charge in [0.25, 0.3) is 0 Å². The maximum Gasteiger partial charge on any atom is 0.230 e. The number of aromatic hydroxyl groups is 1. The average molecular weight is 393 g/mol. The van der Waals surface area contributed by atoms with Crippen LogP contribution >= 0.6 is 11.3 Å². The van der Waals surface area contributed by atoms with E-state index in [4.69, 9.17) is 9.15 Å². The first kappa shape index (κ1) is 17.2. The summed E-state index contributed by atoms with van der Waals surface area (Å²) in [5.41, 5.74) is 3.08. The van der Waals surface area contributed by atoms with Gasteiger partial charge in [0.15, 0.2) is 11.5 Å². The predicted molar refractivity (Wildman–Crippen MR) is 108 cm³/mol. The van der Waals surface area contributed by atoms with Crippen LogP contribution in [0.3, 0.4) is 0 Å². The Bertz CT molecular complexity index is 1150. The fourth-order valence-electron chi connectivity index (χ4n) is 3.64. The zero-order chi connectivity index (χ0) is 19.1. The van der Waals surface area contributed by atoms with Gasteiger partial charge in [0.1, 0.15) is 6.61 Å². The molecule has 1 aliphatic heterocycles. The molecule has 2 aromatic carbocycles. The van der Waals surface area contributed by atoms with Gasteiger partial charge in [0.2, 0.25) is 11.8 Å². The van der Waals surface area contributed by atoms with Crippen LogP contribution < -0.4 is 4.74 Å². The molecule has 0 fully saturated rings. The summed E-state index contributed by atoms with van der Waals surface area (Å²) < 4.78 is 12.6. The zero-order valence-corrected chi connectivity index (χ0v) is 16.2. The SMILES string of the molecule is Cc1nnc(CN2CCOc3c(O)cc(-c4csc5ccccc45)cc3C2)o1. The third-order valence-corrected chi connectivity index (χ3v) is 5.88. The van der Waals surface area contributed by atoms with Crippen molar-refractivity contribution < 1.29 is 14.3 Å². The molecule has 4 aromatic rings. The molecule has 0 saturated heterocycles. The summed E-state index contributed by atoms with van der Waals surface area (Å²) in [6.45, 7) is 4.18. The molecular formula is C21H19N3O3S. The molecule has 3 heterocycles. The van der Waals surface area contributed by atoms with Crippen molar-refractivity contribution in [3.63, 3.8) is 0 Å². The maximum atomic E-state index is 10.6. The summed E-state index contributed by atoms with van der Waals surface area (Å²) in [4.78, 5) is 2.19. The number of fused-ring (bicyclic) bond motifs is 2. The monoisotopic (exact) mass is 393 g/mol. The number of aromatic nitrogens is 2. The number of phenols is 1. The van der Waals surface area contributed by atoms with Gasteiger partial charge in [-0.3, -0.25) is 4.90 Å². The van der Waals surface area contributed by atoms with Crippen LogP contribution in [0.15, 0.2) is 46.2 Å². The van der Waals surface area contributed by atoms with Crippen molar-refractivity contribution in [1.82, 2.24) is 15.1 Å². The van der Waals surface area contributed by atoms with Crippen LogP contribution in [-0.2, 0) is 13.1 Å². The van der Waals surface area contributed by atoms with Gasteiger partial charge < -0.3 is 14.3 Å². The van der Waals surface area contributed by atoms with Crippen molar-refractivity contribution in [2.24, 2.45) is 0 Å². The van der Waals surface area contributed by atoms with E-state index in [9.17, 15) is 5.11 Å². The molecule has 6 nitrogen and oxygen atoms in total. The minimum Gasteiger partial charge on any atom is -0.504 e. The number of phenolic OH excluding ortho intramolecular Hbond substituents is 1. The van der Waals surface area contributed by atoms with Crippen molar-refractivity contribution in [3.05, 3.63) is 59.1 Å². The molecule has 0 saturated carbocycles. The van der Waals surface area contributed by atoms with Crippen molar-refractivity contribution in [1.29, 1.82) is 0 Å². The summed E-state index contributed by atoms with van der Waals surface area (Å²) in [7, 11) is 0. The normalized spacial score (nSPS) is 14.6. The van der Waals surface area contributed by atoms with E-state index >= 15 is 0 Å². The summed E-state index contributed by atoms with van der Waals surface area (Å²) >= 11 is 1.71. The van der Waals surface area contributed by atoms with Crippen molar-refractivity contribution >= 4 is 21.4 Å². The van der Waals surface area contributed by atoms with Crippen LogP contribution in [-0.4, -0.2) is 33.4 Å². The van der Waals surface area contributed by atoms with Crippen molar-refractivity contribution in [2.75, 3.05) is 13.2 Å². The molecule has 5 rings (SSSR count). The second-order valence-electron chi connectivity index (χ2n) is 6.90. The van der Waals surface area contributed by atoms with Gasteiger partial charge in [-0.1, -0.05) is 18.2 Å². The minimum atomic E-state index is 0.179. The van der Waals surface area contributed by atoms with E-state index in [1.807, 2.05) is 12.1 Å². The smallest absolute Gasteiger partial charge is 0.230 e. The van der Waals surface area contributed by atoms with Gasteiger partial charge in [0.05, 0.1) is 6.54 Å². The topological polar surface area (TPSA) is 71.6 Å². The summed E-state index contributed by atoms with van der Waals surface area (Å²) in [5.74, 6) is 1.89. The van der Waals surface area contributed by atoms with E-state index in [1.165, 1.54) is 10.1 Å². The van der Waals surface area contributed by atoms with Crippen LogP contribution in [0.2, 0.25) is 0 Å². The molecule has 0 aliphatic carbocycles. The fourth-order valence-corrected chi connectivity index (χ4v) is 4.61. The lowest BCUT2D eigenvalue weighted by molar-refractivity contribution is 0.201. The number of rotatable bonds is 3. The van der Waals surface area contributed by atoms with Gasteiger partial charge in [0, 0.05) is 41.2 Å². The van der Waals surface area contributed by atoms with Gasteiger partial charge in [-0.05, 0) is 29.1 Å². The van der Waals surface area contributed by atoms with E-state index in [1.54, 1.807) is 24.3 Å². The Balaban J connectivity index is 1.51. The summed E-state index contributed by atoms with van der Waals surface area (Å²) in [5, 5.41) is 22.0. The highest BCUT2D eigenvalue weighted by atomic mass is 32.1. The Morgan fingerprint density at radius 3 is 2.96 bits per heavy atom. The van der Waals surface area contributed by atoms with E-state index in [0.717, 1.165) is 16.7 Å². The van der Waals surface area contributed by atoms with E-state index in [2.05, 4.69) is 38.7 Å². The Labute approximate surface area is 166 Å². The second-order valence-corrected chi connectivity index (χ2v) is 7.81. The van der Waals surface area contributed by atoms with Crippen LogP contribution in [0, 0.1) is 6.92 Å². The van der Waals surface area contributed by atoms with Gasteiger partial charge in [-0.15, -0.1) is 21.5 Å². The molecule has 0 radical (unpaired) electrons. The van der Waals surface area contributed by atoms with Crippen LogP contribution in [0.1, 0.15) is 17.3 Å². The van der Waals surface area contributed by atoms with Crippen LogP contribution in [0.5, 0.6) is 11.5 Å². The van der Waals surface area contributed by atoms with Gasteiger partial charge >= 0.3 is 0 Å². The predicted octanol–water partition coefficient (Wildman–Crippen LogP) is 4.36. The van der Waals surface area contributed by atoms with Crippen LogP contribution in [0.4, 0.5) is 0 Å². The number of ether oxygens (including phenoxy) is 1. The second kappa shape index (κ2) is 6.92. The highest BCUT2D eigenvalue weighted by molar-refractivity contribution is 7.17. The van der Waals surface area contributed by atoms with E-state index in [0.29, 0.717) is 43.8 Å². The first-order chi connectivity index (χ1) is 13.7. The van der Waals surface area contributed by atoms with E-state index in [-0.39, 0.29) is 5.75 Å². The quantitative estimate of drug-likeness (QED) is 0.558. The molecule has 7 heteroatoms. The summed E-state index contributed by atoms with van der Waals surface area (Å²) in [6, 6.07) is 12.2. The summed E-state index contributed by atoms with van der Waals surface area (Å²) in [6.07, 6.45) is 0. The molecule has 0 amide bonds. The minimum absolute atomic E-state index is 0.179. The standard InChI is InChI=1S/C21H19N3O3S/c1-13-22-23-20(27-13)11-24-6-7-26-21-15(10-24)8-14(9-18(21)25)17-12-28-19-5-3-2-4-16(17)19/h2-5,8-9,12,25H,6-7,10-11H2,1H3. The number of benzene rings is 2. The zero-order valence-electron chi connectivity index (χ0n) is 15.4. The molecule has 0 spiro atoms. The molecule has 2 aromatic heterocycles. The average Bonchev–Trinajstić information content (AvgIpc) is 3.23. The van der Waals surface area contributed by atoms with Crippen molar-refractivity contribution in [2.45, 2.75) is 20.0 Å². The Morgan fingerprint density at radius 1 is 1.21 bits per heavy atom. The number of aryl methyl sites for hydroxylation is 1. The number of nitrogens with zero attached hydrogens (tertiary/aromatic N) is 3. The number of hydrogen-bond acceptors (Lipinski definition) is 7. The number of hydrogen-bond donors (Lipinski definition) is 1. The molecule has 1 aliphatic rings. The molecule has 0 unspecified atom stereocenters. The highest BCUT2D eigenvalue weighted by Crippen LogP contribution is 2.41. The Hall–Kier alpha value is -2.90. The molecule has 0 bridgehead atoms. The first-order valence-corrected chi connectivity index (χ1v) is 10.0. The van der Waals surface area contributed by atoms with Gasteiger partial charge in [-0.2, -0.15) is 0 Å². The fraction of sp³-hybridized carbons (Fsp3) is 0.238.